The van der Waals surface area contributed by atoms with Gasteiger partial charge in [0.1, 0.15) is 0 Å². The van der Waals surface area contributed by atoms with Gasteiger partial charge in [0.15, 0.2) is 0 Å². The standard InChI is InChI=1S/C13H24N4/c1(2-9-17-10-8-16-12-17)5-15-11-13-3-6-14-7-4-13/h8,10,12-15H,1-7,9,11H2. The lowest BCUT2D eigenvalue weighted by Gasteiger charge is -2.22. The summed E-state index contributed by atoms with van der Waals surface area (Å²) in [4.78, 5) is 4.04. The van der Waals surface area contributed by atoms with Crippen LogP contribution in [0.5, 0.6) is 0 Å². The van der Waals surface area contributed by atoms with Gasteiger partial charge in [0.2, 0.25) is 0 Å². The van der Waals surface area contributed by atoms with Crippen LogP contribution < -0.4 is 10.6 Å². The molecular weight excluding hydrogens is 212 g/mol. The van der Waals surface area contributed by atoms with E-state index in [4.69, 9.17) is 0 Å². The van der Waals surface area contributed by atoms with Gasteiger partial charge in [0.25, 0.3) is 0 Å². The van der Waals surface area contributed by atoms with E-state index in [1.165, 1.54) is 45.3 Å². The molecule has 0 aliphatic carbocycles. The van der Waals surface area contributed by atoms with Crippen LogP contribution in [-0.4, -0.2) is 35.7 Å². The molecule has 4 nitrogen and oxygen atoms in total. The largest absolute Gasteiger partial charge is 0.337 e. The van der Waals surface area contributed by atoms with Gasteiger partial charge in [-0.1, -0.05) is 0 Å². The smallest absolute Gasteiger partial charge is 0.0945 e. The monoisotopic (exact) mass is 236 g/mol. The molecule has 0 atom stereocenters. The minimum atomic E-state index is 0.893. The van der Waals surface area contributed by atoms with E-state index >= 15 is 0 Å². The van der Waals surface area contributed by atoms with E-state index < -0.39 is 0 Å². The fourth-order valence-corrected chi connectivity index (χ4v) is 2.36. The van der Waals surface area contributed by atoms with E-state index in [1.807, 2.05) is 18.7 Å². The molecule has 1 saturated heterocycles. The molecule has 0 unspecified atom stereocenters. The molecule has 0 radical (unpaired) electrons. The van der Waals surface area contributed by atoms with Crippen LogP contribution in [-0.2, 0) is 6.54 Å². The van der Waals surface area contributed by atoms with Gasteiger partial charge in [-0.05, 0) is 57.8 Å². The van der Waals surface area contributed by atoms with Crippen molar-refractivity contribution in [1.29, 1.82) is 0 Å². The SMILES string of the molecule is c1cn(CCCCNCC2CCNCC2)cn1. The van der Waals surface area contributed by atoms with Crippen molar-refractivity contribution < 1.29 is 0 Å². The first kappa shape index (κ1) is 12.6. The molecule has 1 fully saturated rings. The van der Waals surface area contributed by atoms with Gasteiger partial charge >= 0.3 is 0 Å². The number of piperidine rings is 1. The van der Waals surface area contributed by atoms with Crippen LogP contribution in [0.1, 0.15) is 25.7 Å². The fraction of sp³-hybridized carbons (Fsp3) is 0.769. The number of hydrogen-bond acceptors (Lipinski definition) is 3. The highest BCUT2D eigenvalue weighted by Gasteiger charge is 2.11. The van der Waals surface area contributed by atoms with Gasteiger partial charge in [-0.2, -0.15) is 0 Å². The van der Waals surface area contributed by atoms with Crippen molar-refractivity contribution in [3.63, 3.8) is 0 Å². The Hall–Kier alpha value is -0.870. The predicted molar refractivity (Wildman–Crippen MR) is 69.9 cm³/mol. The number of aryl methyl sites for hydroxylation is 1. The van der Waals surface area contributed by atoms with Gasteiger partial charge < -0.3 is 15.2 Å². The van der Waals surface area contributed by atoms with E-state index in [-0.39, 0.29) is 0 Å². The molecule has 0 bridgehead atoms. The van der Waals surface area contributed by atoms with Crippen molar-refractivity contribution in [3.05, 3.63) is 18.7 Å². The van der Waals surface area contributed by atoms with Gasteiger partial charge in [-0.3, -0.25) is 0 Å². The summed E-state index contributed by atoms with van der Waals surface area (Å²) in [7, 11) is 0. The fourth-order valence-electron chi connectivity index (χ4n) is 2.36. The van der Waals surface area contributed by atoms with Gasteiger partial charge in [-0.25, -0.2) is 4.98 Å². The van der Waals surface area contributed by atoms with Gasteiger partial charge in [0, 0.05) is 18.9 Å². The molecule has 0 spiro atoms. The third-order valence-corrected chi connectivity index (χ3v) is 3.47. The highest BCUT2D eigenvalue weighted by Crippen LogP contribution is 2.09. The Labute approximate surface area is 104 Å². The molecule has 2 N–H and O–H groups in total. The Balaban J connectivity index is 1.43. The molecule has 1 aliphatic heterocycles. The summed E-state index contributed by atoms with van der Waals surface area (Å²) in [5, 5.41) is 6.99. The zero-order chi connectivity index (χ0) is 11.8. The topological polar surface area (TPSA) is 41.9 Å². The third-order valence-electron chi connectivity index (χ3n) is 3.47. The Morgan fingerprint density at radius 1 is 1.29 bits per heavy atom. The van der Waals surface area contributed by atoms with Crippen molar-refractivity contribution >= 4 is 0 Å². The summed E-state index contributed by atoms with van der Waals surface area (Å²) in [6.07, 6.45) is 10.9. The maximum atomic E-state index is 4.04. The average Bonchev–Trinajstić information content (AvgIpc) is 2.88. The molecule has 0 amide bonds. The molecular formula is C13H24N4. The lowest BCUT2D eigenvalue weighted by atomic mass is 9.98. The quantitative estimate of drug-likeness (QED) is 0.700. The van der Waals surface area contributed by atoms with E-state index in [2.05, 4.69) is 20.2 Å². The minimum absolute atomic E-state index is 0.893. The van der Waals surface area contributed by atoms with Gasteiger partial charge in [-0.15, -0.1) is 0 Å². The maximum absolute atomic E-state index is 4.04. The normalized spacial score (nSPS) is 17.4. The van der Waals surface area contributed by atoms with Crippen LogP contribution in [0.15, 0.2) is 18.7 Å². The lowest BCUT2D eigenvalue weighted by Crippen LogP contribution is -2.33. The van der Waals surface area contributed by atoms with E-state index in [0.717, 1.165) is 19.0 Å². The first-order valence-corrected chi connectivity index (χ1v) is 6.82. The molecule has 1 aliphatic rings. The molecule has 17 heavy (non-hydrogen) atoms. The zero-order valence-electron chi connectivity index (χ0n) is 10.6. The summed E-state index contributed by atoms with van der Waals surface area (Å²) in [5.74, 6) is 0.893. The van der Waals surface area contributed by atoms with E-state index in [9.17, 15) is 0 Å². The molecule has 1 aromatic rings. The molecule has 0 saturated carbocycles. The molecule has 2 rings (SSSR count). The summed E-state index contributed by atoms with van der Waals surface area (Å²) < 4.78 is 2.15. The number of aromatic nitrogens is 2. The summed E-state index contributed by atoms with van der Waals surface area (Å²) >= 11 is 0. The first-order chi connectivity index (χ1) is 8.45. The number of hydrogen-bond donors (Lipinski definition) is 2. The molecule has 4 heteroatoms. The zero-order valence-corrected chi connectivity index (χ0v) is 10.6. The second-order valence-corrected chi connectivity index (χ2v) is 4.91. The number of nitrogens with one attached hydrogen (secondary N) is 2. The number of imidazole rings is 1. The van der Waals surface area contributed by atoms with Crippen molar-refractivity contribution in [2.75, 3.05) is 26.2 Å². The number of unbranched alkanes of at least 4 members (excludes halogenated alkanes) is 1. The molecule has 2 heterocycles. The van der Waals surface area contributed by atoms with Crippen molar-refractivity contribution in [2.24, 2.45) is 5.92 Å². The van der Waals surface area contributed by atoms with Crippen LogP contribution >= 0.6 is 0 Å². The van der Waals surface area contributed by atoms with Crippen LogP contribution in [0.3, 0.4) is 0 Å². The summed E-state index contributed by atoms with van der Waals surface area (Å²) in [6, 6.07) is 0. The van der Waals surface area contributed by atoms with Crippen LogP contribution in [0.2, 0.25) is 0 Å². The minimum Gasteiger partial charge on any atom is -0.337 e. The maximum Gasteiger partial charge on any atom is 0.0945 e. The van der Waals surface area contributed by atoms with Crippen molar-refractivity contribution in [3.8, 4) is 0 Å². The lowest BCUT2D eigenvalue weighted by molar-refractivity contribution is 0.355. The summed E-state index contributed by atoms with van der Waals surface area (Å²) in [6.45, 7) is 5.85. The van der Waals surface area contributed by atoms with Crippen LogP contribution in [0.4, 0.5) is 0 Å². The average molecular weight is 236 g/mol. The Bertz CT molecular complexity index is 278. The Morgan fingerprint density at radius 3 is 2.94 bits per heavy atom. The van der Waals surface area contributed by atoms with Crippen LogP contribution in [0, 0.1) is 5.92 Å². The second-order valence-electron chi connectivity index (χ2n) is 4.91. The van der Waals surface area contributed by atoms with E-state index in [1.54, 1.807) is 0 Å². The van der Waals surface area contributed by atoms with Crippen molar-refractivity contribution in [2.45, 2.75) is 32.2 Å². The number of rotatable bonds is 7. The van der Waals surface area contributed by atoms with Crippen molar-refractivity contribution in [1.82, 2.24) is 20.2 Å². The predicted octanol–water partition coefficient (Wildman–Crippen LogP) is 1.25. The molecule has 1 aromatic heterocycles. The highest BCUT2D eigenvalue weighted by atomic mass is 15.0. The Morgan fingerprint density at radius 2 is 2.18 bits per heavy atom. The summed E-state index contributed by atoms with van der Waals surface area (Å²) in [5.41, 5.74) is 0. The van der Waals surface area contributed by atoms with Crippen LogP contribution in [0.25, 0.3) is 0 Å². The van der Waals surface area contributed by atoms with Gasteiger partial charge in [0.05, 0.1) is 6.33 Å². The first-order valence-electron chi connectivity index (χ1n) is 6.82. The second kappa shape index (κ2) is 7.45. The molecule has 96 valence electrons. The Kier molecular flexibility index (Phi) is 5.52. The molecule has 0 aromatic carbocycles. The van der Waals surface area contributed by atoms with E-state index in [0.29, 0.717) is 0 Å². The highest BCUT2D eigenvalue weighted by molar-refractivity contribution is 4.74. The number of nitrogens with zero attached hydrogens (tertiary/aromatic N) is 2. The third kappa shape index (κ3) is 4.88.